The van der Waals surface area contributed by atoms with Crippen LogP contribution in [0.4, 0.5) is 13.2 Å². The van der Waals surface area contributed by atoms with Crippen LogP contribution in [0.5, 0.6) is 5.75 Å². The van der Waals surface area contributed by atoms with E-state index in [0.29, 0.717) is 5.75 Å². The Labute approximate surface area is 112 Å². The zero-order valence-corrected chi connectivity index (χ0v) is 11.5. The van der Waals surface area contributed by atoms with Gasteiger partial charge in [-0.1, -0.05) is 22.0 Å². The van der Waals surface area contributed by atoms with Crippen LogP contribution in [-0.4, -0.2) is 12.8 Å². The smallest absolute Gasteiger partial charge is 0.389 e. The monoisotopic (exact) mass is 325 g/mol. The van der Waals surface area contributed by atoms with Gasteiger partial charge in [0.1, 0.15) is 5.75 Å². The first-order valence-corrected chi connectivity index (χ1v) is 6.33. The lowest BCUT2D eigenvalue weighted by Crippen LogP contribution is -2.10. The van der Waals surface area contributed by atoms with Crippen LogP contribution in [0.3, 0.4) is 0 Å². The second-order valence-electron chi connectivity index (χ2n) is 4.04. The van der Waals surface area contributed by atoms with Gasteiger partial charge in [-0.05, 0) is 31.0 Å². The number of benzene rings is 1. The van der Waals surface area contributed by atoms with Crippen LogP contribution < -0.4 is 10.5 Å². The minimum absolute atomic E-state index is 0.0451. The number of rotatable bonds is 5. The highest BCUT2D eigenvalue weighted by Crippen LogP contribution is 2.27. The van der Waals surface area contributed by atoms with E-state index in [-0.39, 0.29) is 19.1 Å². The Kier molecular flexibility index (Phi) is 5.47. The first-order valence-electron chi connectivity index (χ1n) is 5.54. The summed E-state index contributed by atoms with van der Waals surface area (Å²) in [4.78, 5) is 0. The van der Waals surface area contributed by atoms with E-state index in [1.165, 1.54) is 0 Å². The Morgan fingerprint density at radius 1 is 1.39 bits per heavy atom. The first-order chi connectivity index (χ1) is 8.29. The fourth-order valence-corrected chi connectivity index (χ4v) is 2.15. The van der Waals surface area contributed by atoms with Gasteiger partial charge in [-0.3, -0.25) is 0 Å². The zero-order chi connectivity index (χ0) is 13.8. The normalized spacial score (nSPS) is 13.4. The molecule has 0 aromatic heterocycles. The van der Waals surface area contributed by atoms with Crippen LogP contribution in [0.2, 0.25) is 0 Å². The molecule has 0 radical (unpaired) electrons. The molecule has 0 aliphatic heterocycles. The van der Waals surface area contributed by atoms with Gasteiger partial charge in [0.15, 0.2) is 0 Å². The van der Waals surface area contributed by atoms with Crippen molar-refractivity contribution in [1.82, 2.24) is 0 Å². The quantitative estimate of drug-likeness (QED) is 0.824. The van der Waals surface area contributed by atoms with Gasteiger partial charge < -0.3 is 10.5 Å². The van der Waals surface area contributed by atoms with Crippen LogP contribution in [0.15, 0.2) is 22.7 Å². The molecule has 1 atom stereocenters. The fraction of sp³-hybridized carbons (Fsp3) is 0.500. The van der Waals surface area contributed by atoms with Crippen molar-refractivity contribution in [1.29, 1.82) is 0 Å². The summed E-state index contributed by atoms with van der Waals surface area (Å²) in [5.74, 6) is 0.536. The summed E-state index contributed by atoms with van der Waals surface area (Å²) in [7, 11) is 0. The topological polar surface area (TPSA) is 35.2 Å². The maximum atomic E-state index is 11.9. The van der Waals surface area contributed by atoms with Crippen LogP contribution in [-0.2, 0) is 0 Å². The molecule has 0 amide bonds. The third-order valence-electron chi connectivity index (χ3n) is 2.34. The lowest BCUT2D eigenvalue weighted by molar-refractivity contribution is -0.136. The van der Waals surface area contributed by atoms with Gasteiger partial charge in [-0.2, -0.15) is 13.2 Å². The molecule has 1 aromatic carbocycles. The predicted octanol–water partition coefficient (Wildman–Crippen LogP) is 4.19. The summed E-state index contributed by atoms with van der Waals surface area (Å²) < 4.78 is 41.8. The average Bonchev–Trinajstić information content (AvgIpc) is 2.22. The number of ether oxygens (including phenoxy) is 1. The third-order valence-corrected chi connectivity index (χ3v) is 3.02. The second kappa shape index (κ2) is 6.43. The van der Waals surface area contributed by atoms with Crippen molar-refractivity contribution in [2.45, 2.75) is 32.0 Å². The highest BCUT2D eigenvalue weighted by molar-refractivity contribution is 9.10. The molecule has 0 saturated heterocycles. The van der Waals surface area contributed by atoms with Crippen LogP contribution in [0, 0.1) is 0 Å². The van der Waals surface area contributed by atoms with Gasteiger partial charge in [0, 0.05) is 16.9 Å². The lowest BCUT2D eigenvalue weighted by Gasteiger charge is -2.12. The second-order valence-corrected chi connectivity index (χ2v) is 4.89. The van der Waals surface area contributed by atoms with Gasteiger partial charge in [-0.15, -0.1) is 0 Å². The number of alkyl halides is 3. The SMILES string of the molecule is C[C@@H](N)c1ccc(OCCCC(F)(F)F)cc1Br. The Morgan fingerprint density at radius 2 is 2.06 bits per heavy atom. The standard InChI is InChI=1S/C12H15BrF3NO/c1-8(17)10-4-3-9(7-11(10)13)18-6-2-5-12(14,15)16/h3-4,7-8H,2,5-6,17H2,1H3/t8-/m1/s1. The molecule has 102 valence electrons. The number of hydrogen-bond acceptors (Lipinski definition) is 2. The first kappa shape index (κ1) is 15.3. The summed E-state index contributed by atoms with van der Waals surface area (Å²) >= 11 is 3.35. The summed E-state index contributed by atoms with van der Waals surface area (Å²) in [6.07, 6.45) is -5.00. The lowest BCUT2D eigenvalue weighted by atomic mass is 10.1. The molecule has 2 nitrogen and oxygen atoms in total. The van der Waals surface area contributed by atoms with Crippen molar-refractivity contribution in [3.63, 3.8) is 0 Å². The van der Waals surface area contributed by atoms with Gasteiger partial charge in [0.25, 0.3) is 0 Å². The molecule has 0 bridgehead atoms. The molecule has 0 unspecified atom stereocenters. The highest BCUT2D eigenvalue weighted by atomic mass is 79.9. The molecule has 0 aliphatic rings. The molecule has 0 heterocycles. The summed E-state index contributed by atoms with van der Waals surface area (Å²) in [5, 5.41) is 0. The average molecular weight is 326 g/mol. The molecule has 0 fully saturated rings. The molecular formula is C12H15BrF3NO. The Hall–Kier alpha value is -0.750. The van der Waals surface area contributed by atoms with E-state index >= 15 is 0 Å². The van der Waals surface area contributed by atoms with E-state index < -0.39 is 12.6 Å². The molecule has 1 rings (SSSR count). The molecule has 2 N–H and O–H groups in total. The largest absolute Gasteiger partial charge is 0.494 e. The molecule has 0 spiro atoms. The van der Waals surface area contributed by atoms with Crippen molar-refractivity contribution < 1.29 is 17.9 Å². The Bertz CT molecular complexity index is 393. The van der Waals surface area contributed by atoms with Gasteiger partial charge in [0.2, 0.25) is 0 Å². The minimum atomic E-state index is -4.12. The van der Waals surface area contributed by atoms with Crippen LogP contribution in [0.25, 0.3) is 0 Å². The third kappa shape index (κ3) is 5.27. The van der Waals surface area contributed by atoms with Crippen molar-refractivity contribution >= 4 is 15.9 Å². The Morgan fingerprint density at radius 3 is 2.56 bits per heavy atom. The van der Waals surface area contributed by atoms with Crippen LogP contribution in [0.1, 0.15) is 31.4 Å². The van der Waals surface area contributed by atoms with E-state index in [9.17, 15) is 13.2 Å². The fourth-order valence-electron chi connectivity index (χ4n) is 1.43. The van der Waals surface area contributed by atoms with E-state index in [4.69, 9.17) is 10.5 Å². The minimum Gasteiger partial charge on any atom is -0.494 e. The van der Waals surface area contributed by atoms with Gasteiger partial charge in [0.05, 0.1) is 6.61 Å². The zero-order valence-electron chi connectivity index (χ0n) is 9.93. The van der Waals surface area contributed by atoms with Crippen molar-refractivity contribution in [2.24, 2.45) is 5.73 Å². The molecule has 18 heavy (non-hydrogen) atoms. The summed E-state index contributed by atoms with van der Waals surface area (Å²) in [5.41, 5.74) is 6.67. The summed E-state index contributed by atoms with van der Waals surface area (Å²) in [6.45, 7) is 1.90. The molecule has 6 heteroatoms. The van der Waals surface area contributed by atoms with Gasteiger partial charge in [-0.25, -0.2) is 0 Å². The maximum absolute atomic E-state index is 11.9. The molecular weight excluding hydrogens is 311 g/mol. The van der Waals surface area contributed by atoms with E-state index in [1.807, 2.05) is 6.92 Å². The maximum Gasteiger partial charge on any atom is 0.389 e. The van der Waals surface area contributed by atoms with Crippen LogP contribution >= 0.6 is 15.9 Å². The predicted molar refractivity (Wildman–Crippen MR) is 67.5 cm³/mol. The van der Waals surface area contributed by atoms with Crippen molar-refractivity contribution in [2.75, 3.05) is 6.61 Å². The van der Waals surface area contributed by atoms with Gasteiger partial charge >= 0.3 is 6.18 Å². The number of nitrogens with two attached hydrogens (primary N) is 1. The Balaban J connectivity index is 2.47. The highest BCUT2D eigenvalue weighted by Gasteiger charge is 2.26. The number of halogens is 4. The molecule has 0 aliphatic carbocycles. The van der Waals surface area contributed by atoms with E-state index in [1.54, 1.807) is 18.2 Å². The van der Waals surface area contributed by atoms with E-state index in [0.717, 1.165) is 10.0 Å². The van der Waals surface area contributed by atoms with Crippen molar-refractivity contribution in [3.8, 4) is 5.75 Å². The number of hydrogen-bond donors (Lipinski definition) is 1. The van der Waals surface area contributed by atoms with E-state index in [2.05, 4.69) is 15.9 Å². The van der Waals surface area contributed by atoms with Crippen molar-refractivity contribution in [3.05, 3.63) is 28.2 Å². The molecule has 0 saturated carbocycles. The summed E-state index contributed by atoms with van der Waals surface area (Å²) in [6, 6.07) is 5.11. The molecule has 1 aromatic rings.